The molecule has 0 aromatic heterocycles. The van der Waals surface area contributed by atoms with Crippen LogP contribution >= 0.6 is 0 Å². The summed E-state index contributed by atoms with van der Waals surface area (Å²) in [5.41, 5.74) is 1.27. The van der Waals surface area contributed by atoms with Gasteiger partial charge >= 0.3 is 5.97 Å². The molecule has 0 spiro atoms. The van der Waals surface area contributed by atoms with Crippen molar-refractivity contribution < 1.29 is 9.53 Å². The Kier molecular flexibility index (Phi) is 4.18. The van der Waals surface area contributed by atoms with Gasteiger partial charge in [-0.15, -0.1) is 0 Å². The number of ether oxygens (including phenoxy) is 1. The van der Waals surface area contributed by atoms with Gasteiger partial charge < -0.3 is 4.74 Å². The molecule has 14 heavy (non-hydrogen) atoms. The van der Waals surface area contributed by atoms with Crippen LogP contribution in [0.5, 0.6) is 0 Å². The third-order valence-electron chi connectivity index (χ3n) is 2.72. The first-order chi connectivity index (χ1) is 6.66. The summed E-state index contributed by atoms with van der Waals surface area (Å²) in [5.74, 6) is 0.459. The molecule has 1 unspecified atom stereocenters. The minimum absolute atomic E-state index is 0.0312. The second kappa shape index (κ2) is 5.18. The van der Waals surface area contributed by atoms with Gasteiger partial charge in [-0.3, -0.25) is 4.79 Å². The standard InChI is InChI=1S/C12H20O2/c1-4-14-12(13)11-8-6-5-7-10(11)9(2)3/h7,9,11H,4-6,8H2,1-3H3. The van der Waals surface area contributed by atoms with E-state index in [0.29, 0.717) is 12.5 Å². The van der Waals surface area contributed by atoms with E-state index in [1.165, 1.54) is 5.57 Å². The van der Waals surface area contributed by atoms with Crippen LogP contribution in [0.2, 0.25) is 0 Å². The average Bonchev–Trinajstić information content (AvgIpc) is 2.18. The number of allylic oxidation sites excluding steroid dienone is 1. The van der Waals surface area contributed by atoms with Crippen molar-refractivity contribution in [3.05, 3.63) is 11.6 Å². The van der Waals surface area contributed by atoms with Gasteiger partial charge in [-0.05, 0) is 32.1 Å². The molecule has 0 fully saturated rings. The van der Waals surface area contributed by atoms with Crippen molar-refractivity contribution in [2.45, 2.75) is 40.0 Å². The molecule has 0 aromatic carbocycles. The summed E-state index contributed by atoms with van der Waals surface area (Å²) >= 11 is 0. The molecule has 0 bridgehead atoms. The molecule has 0 saturated heterocycles. The highest BCUT2D eigenvalue weighted by Gasteiger charge is 2.27. The van der Waals surface area contributed by atoms with Gasteiger partial charge in [-0.1, -0.05) is 25.5 Å². The Morgan fingerprint density at radius 2 is 2.36 bits per heavy atom. The zero-order chi connectivity index (χ0) is 10.6. The number of hydrogen-bond acceptors (Lipinski definition) is 2. The fraction of sp³-hybridized carbons (Fsp3) is 0.750. The van der Waals surface area contributed by atoms with Crippen LogP contribution in [0.4, 0.5) is 0 Å². The molecule has 0 amide bonds. The molecule has 0 aromatic rings. The Morgan fingerprint density at radius 3 is 2.93 bits per heavy atom. The Balaban J connectivity index is 2.70. The maximum absolute atomic E-state index is 11.6. The van der Waals surface area contributed by atoms with Crippen molar-refractivity contribution in [2.24, 2.45) is 11.8 Å². The molecule has 0 heterocycles. The quantitative estimate of drug-likeness (QED) is 0.512. The van der Waals surface area contributed by atoms with Crippen molar-refractivity contribution >= 4 is 5.97 Å². The predicted molar refractivity (Wildman–Crippen MR) is 56.9 cm³/mol. The number of hydrogen-bond donors (Lipinski definition) is 0. The van der Waals surface area contributed by atoms with E-state index < -0.39 is 0 Å². The van der Waals surface area contributed by atoms with Crippen molar-refractivity contribution in [1.29, 1.82) is 0 Å². The highest BCUT2D eigenvalue weighted by molar-refractivity contribution is 5.76. The summed E-state index contributed by atoms with van der Waals surface area (Å²) in [4.78, 5) is 11.6. The molecule has 0 saturated carbocycles. The molecule has 0 N–H and O–H groups in total. The van der Waals surface area contributed by atoms with Crippen LogP contribution in [0.15, 0.2) is 11.6 Å². The molecule has 1 atom stereocenters. The SMILES string of the molecule is CCOC(=O)C1CCCC=C1C(C)C. The maximum Gasteiger partial charge on any atom is 0.313 e. The fourth-order valence-corrected chi connectivity index (χ4v) is 2.03. The second-order valence-electron chi connectivity index (χ2n) is 4.09. The number of esters is 1. The van der Waals surface area contributed by atoms with E-state index in [1.54, 1.807) is 0 Å². The van der Waals surface area contributed by atoms with Gasteiger partial charge in [-0.2, -0.15) is 0 Å². The van der Waals surface area contributed by atoms with Crippen LogP contribution in [0.1, 0.15) is 40.0 Å². The zero-order valence-corrected chi connectivity index (χ0v) is 9.38. The molecule has 2 heteroatoms. The minimum Gasteiger partial charge on any atom is -0.466 e. The summed E-state index contributed by atoms with van der Waals surface area (Å²) < 4.78 is 5.08. The lowest BCUT2D eigenvalue weighted by Crippen LogP contribution is -2.24. The van der Waals surface area contributed by atoms with Crippen molar-refractivity contribution in [2.75, 3.05) is 6.61 Å². The van der Waals surface area contributed by atoms with E-state index in [9.17, 15) is 4.79 Å². The molecular formula is C12H20O2. The van der Waals surface area contributed by atoms with Crippen LogP contribution in [-0.2, 0) is 9.53 Å². The largest absolute Gasteiger partial charge is 0.466 e. The Labute approximate surface area is 86.3 Å². The van der Waals surface area contributed by atoms with Gasteiger partial charge in [0.1, 0.15) is 0 Å². The molecule has 0 aliphatic heterocycles. The summed E-state index contributed by atoms with van der Waals surface area (Å²) in [6, 6.07) is 0. The Morgan fingerprint density at radius 1 is 1.64 bits per heavy atom. The van der Waals surface area contributed by atoms with Crippen molar-refractivity contribution in [1.82, 2.24) is 0 Å². The lowest BCUT2D eigenvalue weighted by atomic mass is 9.82. The first-order valence-corrected chi connectivity index (χ1v) is 5.53. The first kappa shape index (κ1) is 11.3. The topological polar surface area (TPSA) is 26.3 Å². The van der Waals surface area contributed by atoms with E-state index in [1.807, 2.05) is 6.92 Å². The third-order valence-corrected chi connectivity index (χ3v) is 2.72. The summed E-state index contributed by atoms with van der Waals surface area (Å²) in [5, 5.41) is 0. The van der Waals surface area contributed by atoms with E-state index >= 15 is 0 Å². The van der Waals surface area contributed by atoms with Crippen molar-refractivity contribution in [3.8, 4) is 0 Å². The number of rotatable bonds is 3. The molecular weight excluding hydrogens is 176 g/mol. The molecule has 80 valence electrons. The first-order valence-electron chi connectivity index (χ1n) is 5.53. The van der Waals surface area contributed by atoms with Gasteiger partial charge in [0.05, 0.1) is 12.5 Å². The number of carbonyl (C=O) groups is 1. The van der Waals surface area contributed by atoms with Crippen molar-refractivity contribution in [3.63, 3.8) is 0 Å². The van der Waals surface area contributed by atoms with Gasteiger partial charge in [0.15, 0.2) is 0 Å². The molecule has 0 radical (unpaired) electrons. The Bertz CT molecular complexity index is 228. The molecule has 1 aliphatic carbocycles. The van der Waals surface area contributed by atoms with Crippen LogP contribution in [0, 0.1) is 11.8 Å². The minimum atomic E-state index is -0.0350. The monoisotopic (exact) mass is 196 g/mol. The Hall–Kier alpha value is -0.790. The fourth-order valence-electron chi connectivity index (χ4n) is 2.03. The predicted octanol–water partition coefficient (Wildman–Crippen LogP) is 2.93. The second-order valence-corrected chi connectivity index (χ2v) is 4.09. The average molecular weight is 196 g/mol. The number of carbonyl (C=O) groups excluding carboxylic acids is 1. The van der Waals surface area contributed by atoms with Gasteiger partial charge in [0.25, 0.3) is 0 Å². The summed E-state index contributed by atoms with van der Waals surface area (Å²) in [7, 11) is 0. The van der Waals surface area contributed by atoms with E-state index in [2.05, 4.69) is 19.9 Å². The van der Waals surface area contributed by atoms with Gasteiger partial charge in [-0.25, -0.2) is 0 Å². The summed E-state index contributed by atoms with van der Waals surface area (Å²) in [6.45, 7) is 6.63. The van der Waals surface area contributed by atoms with Crippen LogP contribution < -0.4 is 0 Å². The van der Waals surface area contributed by atoms with Crippen LogP contribution in [0.25, 0.3) is 0 Å². The molecule has 1 aliphatic rings. The van der Waals surface area contributed by atoms with E-state index in [0.717, 1.165) is 19.3 Å². The van der Waals surface area contributed by atoms with Crippen LogP contribution in [-0.4, -0.2) is 12.6 Å². The van der Waals surface area contributed by atoms with Gasteiger partial charge in [0.2, 0.25) is 0 Å². The normalized spacial score (nSPS) is 22.0. The maximum atomic E-state index is 11.6. The van der Waals surface area contributed by atoms with Crippen LogP contribution in [0.3, 0.4) is 0 Å². The summed E-state index contributed by atoms with van der Waals surface area (Å²) in [6.07, 6.45) is 5.40. The molecule has 1 rings (SSSR count). The molecule has 2 nitrogen and oxygen atoms in total. The highest BCUT2D eigenvalue weighted by atomic mass is 16.5. The highest BCUT2D eigenvalue weighted by Crippen LogP contribution is 2.30. The van der Waals surface area contributed by atoms with Gasteiger partial charge in [0, 0.05) is 0 Å². The van der Waals surface area contributed by atoms with E-state index in [4.69, 9.17) is 4.74 Å². The smallest absolute Gasteiger partial charge is 0.313 e. The third kappa shape index (κ3) is 2.60. The van der Waals surface area contributed by atoms with E-state index in [-0.39, 0.29) is 11.9 Å². The lowest BCUT2D eigenvalue weighted by molar-refractivity contribution is -0.147. The lowest BCUT2D eigenvalue weighted by Gasteiger charge is -2.25. The zero-order valence-electron chi connectivity index (χ0n) is 9.38.